The molecule has 103 valence electrons. The van der Waals surface area contributed by atoms with Crippen LogP contribution >= 0.6 is 0 Å². The molecule has 1 saturated heterocycles. The molecule has 1 aliphatic heterocycles. The number of hydrogen-bond acceptors (Lipinski definition) is 3. The van der Waals surface area contributed by atoms with E-state index in [1.807, 2.05) is 11.0 Å². The number of amides is 1. The first kappa shape index (κ1) is 13.7. The van der Waals surface area contributed by atoms with Crippen molar-refractivity contribution in [1.82, 2.24) is 4.90 Å². The first-order valence-corrected chi connectivity index (χ1v) is 6.61. The van der Waals surface area contributed by atoms with Gasteiger partial charge in [-0.15, -0.1) is 0 Å². The van der Waals surface area contributed by atoms with Crippen molar-refractivity contribution in [3.63, 3.8) is 0 Å². The van der Waals surface area contributed by atoms with Crippen molar-refractivity contribution in [1.29, 1.82) is 0 Å². The third-order valence-corrected chi connectivity index (χ3v) is 3.29. The van der Waals surface area contributed by atoms with Crippen LogP contribution in [0.1, 0.15) is 24.8 Å². The van der Waals surface area contributed by atoms with E-state index in [1.54, 1.807) is 19.2 Å². The molecule has 1 radical (unpaired) electrons. The SMILES string of the molecule is [CH2]c1ccc(OCC(=O)N2CCCCC2)c(OC)c1. The van der Waals surface area contributed by atoms with Crippen LogP contribution in [0, 0.1) is 6.92 Å². The molecule has 0 atom stereocenters. The highest BCUT2D eigenvalue weighted by Gasteiger charge is 2.17. The standard InChI is InChI=1S/C15H20NO3/c1-12-6-7-13(14(10-12)18-2)19-11-15(17)16-8-4-3-5-9-16/h6-7,10H,1,3-5,8-9,11H2,2H3. The Morgan fingerprint density at radius 1 is 1.26 bits per heavy atom. The first-order chi connectivity index (χ1) is 9.20. The minimum atomic E-state index is 0.0421. The molecular formula is C15H20NO3. The average Bonchev–Trinajstić information content (AvgIpc) is 2.46. The lowest BCUT2D eigenvalue weighted by Gasteiger charge is -2.26. The molecule has 0 saturated carbocycles. The second kappa shape index (κ2) is 6.45. The van der Waals surface area contributed by atoms with Crippen molar-refractivity contribution in [3.05, 3.63) is 30.7 Å². The van der Waals surface area contributed by atoms with Crippen LogP contribution in [0.5, 0.6) is 11.5 Å². The van der Waals surface area contributed by atoms with Crippen molar-refractivity contribution in [2.24, 2.45) is 0 Å². The highest BCUT2D eigenvalue weighted by Crippen LogP contribution is 2.27. The van der Waals surface area contributed by atoms with Gasteiger partial charge < -0.3 is 14.4 Å². The lowest BCUT2D eigenvalue weighted by atomic mass is 10.1. The molecule has 0 spiro atoms. The van der Waals surface area contributed by atoms with Gasteiger partial charge in [-0.1, -0.05) is 6.07 Å². The van der Waals surface area contributed by atoms with E-state index in [9.17, 15) is 4.79 Å². The van der Waals surface area contributed by atoms with Gasteiger partial charge in [0.1, 0.15) is 0 Å². The van der Waals surface area contributed by atoms with Gasteiger partial charge in [0.2, 0.25) is 0 Å². The highest BCUT2D eigenvalue weighted by molar-refractivity contribution is 5.78. The number of likely N-dealkylation sites (tertiary alicyclic amines) is 1. The van der Waals surface area contributed by atoms with E-state index < -0.39 is 0 Å². The second-order valence-corrected chi connectivity index (χ2v) is 4.72. The molecule has 0 bridgehead atoms. The molecular weight excluding hydrogens is 242 g/mol. The average molecular weight is 262 g/mol. The van der Waals surface area contributed by atoms with Gasteiger partial charge in [-0.3, -0.25) is 4.79 Å². The van der Waals surface area contributed by atoms with Crippen molar-refractivity contribution < 1.29 is 14.3 Å². The lowest BCUT2D eigenvalue weighted by molar-refractivity contribution is -0.134. The van der Waals surface area contributed by atoms with Gasteiger partial charge in [0.15, 0.2) is 18.1 Å². The van der Waals surface area contributed by atoms with Crippen LogP contribution in [-0.4, -0.2) is 37.6 Å². The Balaban J connectivity index is 1.92. The summed E-state index contributed by atoms with van der Waals surface area (Å²) in [6, 6.07) is 5.41. The van der Waals surface area contributed by atoms with Gasteiger partial charge in [0.25, 0.3) is 5.91 Å². The van der Waals surface area contributed by atoms with Crippen LogP contribution < -0.4 is 9.47 Å². The number of carbonyl (C=O) groups excluding carboxylic acids is 1. The number of ether oxygens (including phenoxy) is 2. The van der Waals surface area contributed by atoms with Crippen LogP contribution in [0.3, 0.4) is 0 Å². The summed E-state index contributed by atoms with van der Waals surface area (Å²) < 4.78 is 10.8. The molecule has 0 N–H and O–H groups in total. The molecule has 2 rings (SSSR count). The molecule has 0 aliphatic carbocycles. The minimum absolute atomic E-state index is 0.0421. The Morgan fingerprint density at radius 2 is 2.00 bits per heavy atom. The zero-order valence-electron chi connectivity index (χ0n) is 11.4. The quantitative estimate of drug-likeness (QED) is 0.835. The number of methoxy groups -OCH3 is 1. The Morgan fingerprint density at radius 3 is 2.68 bits per heavy atom. The Bertz CT molecular complexity index is 439. The summed E-state index contributed by atoms with van der Waals surface area (Å²) in [5, 5.41) is 0. The fourth-order valence-electron chi connectivity index (χ4n) is 2.21. The van der Waals surface area contributed by atoms with Gasteiger partial charge in [0, 0.05) is 13.1 Å². The molecule has 0 aromatic heterocycles. The molecule has 1 aromatic carbocycles. The zero-order chi connectivity index (χ0) is 13.7. The van der Waals surface area contributed by atoms with E-state index >= 15 is 0 Å². The van der Waals surface area contributed by atoms with E-state index in [0.717, 1.165) is 31.5 Å². The number of piperidine rings is 1. The molecule has 4 heteroatoms. The van der Waals surface area contributed by atoms with E-state index in [1.165, 1.54) is 6.42 Å². The first-order valence-electron chi connectivity index (χ1n) is 6.61. The maximum absolute atomic E-state index is 12.0. The smallest absolute Gasteiger partial charge is 0.260 e. The van der Waals surface area contributed by atoms with Crippen LogP contribution in [0.15, 0.2) is 18.2 Å². The third-order valence-electron chi connectivity index (χ3n) is 3.29. The van der Waals surface area contributed by atoms with Gasteiger partial charge in [-0.2, -0.15) is 0 Å². The number of hydrogen-bond donors (Lipinski definition) is 0. The van der Waals surface area contributed by atoms with Crippen LogP contribution in [0.2, 0.25) is 0 Å². The second-order valence-electron chi connectivity index (χ2n) is 4.72. The molecule has 1 amide bonds. The molecule has 1 aromatic rings. The topological polar surface area (TPSA) is 38.8 Å². The number of benzene rings is 1. The summed E-state index contributed by atoms with van der Waals surface area (Å²) in [6.07, 6.45) is 3.39. The van der Waals surface area contributed by atoms with E-state index in [2.05, 4.69) is 6.92 Å². The number of nitrogens with zero attached hydrogens (tertiary/aromatic N) is 1. The summed E-state index contributed by atoms with van der Waals surface area (Å²) in [6.45, 7) is 5.58. The largest absolute Gasteiger partial charge is 0.493 e. The van der Waals surface area contributed by atoms with Crippen LogP contribution in [0.25, 0.3) is 0 Å². The molecule has 1 heterocycles. The summed E-state index contributed by atoms with van der Waals surface area (Å²) in [4.78, 5) is 13.9. The number of rotatable bonds is 4. The predicted molar refractivity (Wildman–Crippen MR) is 73.4 cm³/mol. The normalized spacial score (nSPS) is 15.2. The van der Waals surface area contributed by atoms with Crippen molar-refractivity contribution in [2.45, 2.75) is 19.3 Å². The highest BCUT2D eigenvalue weighted by atomic mass is 16.5. The lowest BCUT2D eigenvalue weighted by Crippen LogP contribution is -2.38. The van der Waals surface area contributed by atoms with Crippen molar-refractivity contribution in [3.8, 4) is 11.5 Å². The molecule has 4 nitrogen and oxygen atoms in total. The van der Waals surface area contributed by atoms with Crippen molar-refractivity contribution in [2.75, 3.05) is 26.8 Å². The third kappa shape index (κ3) is 3.63. The zero-order valence-corrected chi connectivity index (χ0v) is 11.4. The summed E-state index contributed by atoms with van der Waals surface area (Å²) >= 11 is 0. The Kier molecular flexibility index (Phi) is 4.66. The maximum Gasteiger partial charge on any atom is 0.260 e. The summed E-state index contributed by atoms with van der Waals surface area (Å²) in [5.41, 5.74) is 0.853. The predicted octanol–water partition coefficient (Wildman–Crippen LogP) is 2.27. The Labute approximate surface area is 114 Å². The fraction of sp³-hybridized carbons (Fsp3) is 0.467. The molecule has 0 unspecified atom stereocenters. The van der Waals surface area contributed by atoms with E-state index in [0.29, 0.717) is 11.5 Å². The van der Waals surface area contributed by atoms with Crippen LogP contribution in [0.4, 0.5) is 0 Å². The van der Waals surface area contributed by atoms with Gasteiger partial charge in [-0.05, 0) is 43.9 Å². The molecule has 19 heavy (non-hydrogen) atoms. The number of carbonyl (C=O) groups is 1. The van der Waals surface area contributed by atoms with Crippen LogP contribution in [-0.2, 0) is 4.79 Å². The maximum atomic E-state index is 12.0. The summed E-state index contributed by atoms with van der Waals surface area (Å²) in [5.74, 6) is 1.24. The fourth-order valence-corrected chi connectivity index (χ4v) is 2.21. The van der Waals surface area contributed by atoms with Gasteiger partial charge in [-0.25, -0.2) is 0 Å². The van der Waals surface area contributed by atoms with E-state index in [4.69, 9.17) is 9.47 Å². The molecule has 1 fully saturated rings. The minimum Gasteiger partial charge on any atom is -0.493 e. The Hall–Kier alpha value is -1.71. The van der Waals surface area contributed by atoms with Crippen molar-refractivity contribution >= 4 is 5.91 Å². The molecule has 1 aliphatic rings. The summed E-state index contributed by atoms with van der Waals surface area (Å²) in [7, 11) is 1.58. The van der Waals surface area contributed by atoms with Gasteiger partial charge in [0.05, 0.1) is 7.11 Å². The monoisotopic (exact) mass is 262 g/mol. The van der Waals surface area contributed by atoms with Gasteiger partial charge >= 0.3 is 0 Å². The van der Waals surface area contributed by atoms with E-state index in [-0.39, 0.29) is 12.5 Å².